The summed E-state index contributed by atoms with van der Waals surface area (Å²) in [7, 11) is 9.94. The van der Waals surface area contributed by atoms with Crippen molar-refractivity contribution >= 4 is 81.2 Å². The molecule has 474 valence electrons. The molecule has 0 aromatic carbocycles. The van der Waals surface area contributed by atoms with Crippen molar-refractivity contribution in [3.05, 3.63) is 71.8 Å². The molecule has 0 unspecified atom stereocenters. The molecule has 0 atom stereocenters. The van der Waals surface area contributed by atoms with E-state index in [1.54, 1.807) is 67.4 Å². The van der Waals surface area contributed by atoms with Crippen molar-refractivity contribution < 1.29 is 117 Å². The van der Waals surface area contributed by atoms with Gasteiger partial charge in [-0.25, -0.2) is 24.9 Å². The average molecular weight is 1420 g/mol. The first-order valence-corrected chi connectivity index (χ1v) is 27.3. The van der Waals surface area contributed by atoms with Gasteiger partial charge in [0.2, 0.25) is 0 Å². The predicted octanol–water partition coefficient (Wildman–Crippen LogP) is 5.75. The first kappa shape index (κ1) is 76.2. The summed E-state index contributed by atoms with van der Waals surface area (Å²) in [4.78, 5) is 29.8. The maximum Gasteiger partial charge on any atom is 1.00 e. The summed E-state index contributed by atoms with van der Waals surface area (Å²) in [6.07, 6.45) is -11.6. The Morgan fingerprint density at radius 2 is 0.889 bits per heavy atom. The first-order valence-electron chi connectivity index (χ1n) is 24.4. The molecule has 10 aromatic heterocycles. The molecule has 10 heterocycles. The summed E-state index contributed by atoms with van der Waals surface area (Å²) < 4.78 is 205. The summed E-state index contributed by atoms with van der Waals surface area (Å²) in [6, 6.07) is 7.00. The topological polar surface area (TPSA) is 221 Å². The number of imidazole rings is 6. The number of rotatable bonds is 13. The molecule has 10 aromatic rings. The number of nitrogens with zero attached hydrogens (tertiary/aromatic N) is 20. The van der Waals surface area contributed by atoms with Crippen molar-refractivity contribution in [2.75, 3.05) is 17.3 Å². The van der Waals surface area contributed by atoms with Gasteiger partial charge in [-0.2, -0.15) is 82.9 Å². The van der Waals surface area contributed by atoms with E-state index in [1.807, 2.05) is 26.8 Å². The van der Waals surface area contributed by atoms with Gasteiger partial charge in [-0.15, -0.1) is 66.5 Å². The molecule has 0 aliphatic heterocycles. The van der Waals surface area contributed by atoms with Crippen LogP contribution in [0.15, 0.2) is 57.9 Å². The van der Waals surface area contributed by atoms with Crippen LogP contribution in [-0.4, -0.2) is 129 Å². The van der Waals surface area contributed by atoms with Crippen LogP contribution in [0.5, 0.6) is 0 Å². The SMILES string of the molecule is CCSc1c(-c2nc3cc(C(F)(F)C(F)(F)F)nnc3n2C)n[c-]n1C.CCSc1c(-c2nc3cc(C(F)(F)C(F)(F)F)nnc3n2C)nc(-c2ccc(C#N)cn2)n1C.CCSc1c(-c2nc3cc(C(F)(F)C(F)(F)F)nnc3n2C)ncn1C.Cl.[Cl-].[Li+].[Zn]. The van der Waals surface area contributed by atoms with E-state index in [0.29, 0.717) is 69.0 Å². The van der Waals surface area contributed by atoms with Crippen LogP contribution in [0.4, 0.5) is 65.9 Å². The number of nitriles is 1. The fourth-order valence-electron chi connectivity index (χ4n) is 7.95. The van der Waals surface area contributed by atoms with Gasteiger partial charge in [-0.05, 0) is 60.3 Å². The minimum Gasteiger partial charge on any atom is -1.00 e. The Kier molecular flexibility index (Phi) is 24.3. The van der Waals surface area contributed by atoms with Gasteiger partial charge in [0.05, 0.1) is 17.7 Å². The van der Waals surface area contributed by atoms with Crippen LogP contribution in [0.1, 0.15) is 43.4 Å². The van der Waals surface area contributed by atoms with Crippen LogP contribution < -0.4 is 31.3 Å². The second kappa shape index (κ2) is 28.7. The molecule has 0 saturated carbocycles. The molecule has 0 aliphatic carbocycles. The van der Waals surface area contributed by atoms with Crippen molar-refractivity contribution in [2.45, 2.75) is 72.1 Å². The van der Waals surface area contributed by atoms with Crippen molar-refractivity contribution in [1.82, 2.24) is 92.9 Å². The number of pyridine rings is 1. The van der Waals surface area contributed by atoms with Gasteiger partial charge in [0.1, 0.15) is 66.8 Å². The van der Waals surface area contributed by atoms with Gasteiger partial charge in [-0.1, -0.05) is 25.8 Å². The van der Waals surface area contributed by atoms with Crippen LogP contribution in [-0.2, 0) is 79.5 Å². The number of hydrogen-bond acceptors (Lipinski definition) is 17. The third-order valence-corrected chi connectivity index (χ3v) is 15.3. The molecule has 90 heavy (non-hydrogen) atoms. The maximum absolute atomic E-state index is 13.8. The number of hydrogen-bond donors (Lipinski definition) is 0. The van der Waals surface area contributed by atoms with E-state index in [4.69, 9.17) is 5.26 Å². The van der Waals surface area contributed by atoms with Gasteiger partial charge in [0.25, 0.3) is 0 Å². The van der Waals surface area contributed by atoms with E-state index in [2.05, 4.69) is 71.8 Å². The van der Waals surface area contributed by atoms with Crippen LogP contribution >= 0.6 is 47.7 Å². The van der Waals surface area contributed by atoms with E-state index in [1.165, 1.54) is 62.2 Å². The molecule has 0 radical (unpaired) electrons. The minimum atomic E-state index is -5.82. The zero-order valence-corrected chi connectivity index (χ0v) is 55.0. The zero-order chi connectivity index (χ0) is 63.4. The third kappa shape index (κ3) is 14.3. The van der Waals surface area contributed by atoms with Crippen LogP contribution in [0, 0.1) is 17.7 Å². The Morgan fingerprint density at radius 3 is 1.27 bits per heavy atom. The number of thioether (sulfide) groups is 3. The van der Waals surface area contributed by atoms with Crippen molar-refractivity contribution in [3.63, 3.8) is 0 Å². The molecule has 0 saturated heterocycles. The van der Waals surface area contributed by atoms with Gasteiger partial charge in [0, 0.05) is 67.2 Å². The molecule has 0 spiro atoms. The van der Waals surface area contributed by atoms with E-state index in [0.717, 1.165) is 21.6 Å². The molecule has 0 aliphatic rings. The van der Waals surface area contributed by atoms with Crippen LogP contribution in [0.3, 0.4) is 0 Å². The Hall–Kier alpha value is -6.28. The molecule has 0 fully saturated rings. The average Bonchev–Trinajstić information content (AvgIpc) is 1.66. The van der Waals surface area contributed by atoms with Crippen molar-refractivity contribution in [1.29, 1.82) is 5.26 Å². The van der Waals surface area contributed by atoms with E-state index in [9.17, 15) is 65.9 Å². The predicted molar refractivity (Wildman–Crippen MR) is 289 cm³/mol. The Labute approximate surface area is 548 Å². The Balaban J connectivity index is 0.000000286. The summed E-state index contributed by atoms with van der Waals surface area (Å²) in [5.41, 5.74) is -2.63. The largest absolute Gasteiger partial charge is 1.00 e. The fourth-order valence-corrected chi connectivity index (χ4v) is 10.4. The molecule has 0 N–H and O–H groups in total. The van der Waals surface area contributed by atoms with Crippen LogP contribution in [0.2, 0.25) is 0 Å². The molecule has 20 nitrogen and oxygen atoms in total. The number of aromatic nitrogens is 19. The first-order chi connectivity index (χ1) is 40.1. The van der Waals surface area contributed by atoms with Crippen molar-refractivity contribution in [2.24, 2.45) is 42.3 Å². The van der Waals surface area contributed by atoms with Gasteiger partial charge in [0.15, 0.2) is 34.4 Å². The number of fused-ring (bicyclic) bond motifs is 3. The molecule has 10 rings (SSSR count). The Morgan fingerprint density at radius 1 is 0.500 bits per heavy atom. The molecule has 42 heteroatoms. The smallest absolute Gasteiger partial charge is 1.00 e. The summed E-state index contributed by atoms with van der Waals surface area (Å²) in [6.45, 7) is 5.81. The molecule has 0 bridgehead atoms. The molecular formula is C48H41Cl2F15LiN20S3Zn-. The van der Waals surface area contributed by atoms with E-state index in [-0.39, 0.29) is 108 Å². The molecular weight excluding hydrogens is 1380 g/mol. The van der Waals surface area contributed by atoms with E-state index < -0.39 is 53.4 Å². The standard InChI is InChI=1S/C20H15F5N8S.C14H13F5N6S.C14H12F5N6S.2ClH.Li.Zn/c1-4-34-18-14(29-15(33(18)3)11-6-5-10(8-26)9-27-11)17-28-12-7-13(19(21,22)20(23,24)25)30-31-16(12)32(17)2;2*1-4-26-12-9(20-6-24(12)2)11-21-7-5-8(13(15,16)14(17,18)19)22-23-10(7)25(11)3;;;;/h5-7,9H,4H2,1-3H3;5-6H,4H2,1-3H3;5H,4H2,1-3H3;2*1H;;/q;;-1;;;+1;/p-1. The molecule has 0 amide bonds. The van der Waals surface area contributed by atoms with Crippen LogP contribution in [0.25, 0.3) is 79.6 Å². The second-order valence-corrected chi connectivity index (χ2v) is 21.7. The monoisotopic (exact) mass is 1420 g/mol. The fraction of sp³-hybridized carbons (Fsp3) is 0.375. The third-order valence-electron chi connectivity index (χ3n) is 12.2. The number of aryl methyl sites for hydroxylation is 5. The zero-order valence-electron chi connectivity index (χ0n) is 48.0. The minimum absolute atomic E-state index is 0. The van der Waals surface area contributed by atoms with Gasteiger partial charge < -0.3 is 44.8 Å². The van der Waals surface area contributed by atoms with E-state index >= 15 is 0 Å². The normalized spacial score (nSPS) is 12.1. The summed E-state index contributed by atoms with van der Waals surface area (Å²) in [5, 5.41) is 31.0. The number of alkyl halides is 15. The Bertz CT molecular complexity index is 4040. The summed E-state index contributed by atoms with van der Waals surface area (Å²) >= 11 is 4.41. The summed E-state index contributed by atoms with van der Waals surface area (Å²) in [5.74, 6) is -12.0. The van der Waals surface area contributed by atoms with Crippen molar-refractivity contribution in [3.8, 4) is 52.1 Å². The maximum atomic E-state index is 13.8. The quantitative estimate of drug-likeness (QED) is 0.0580. The van der Waals surface area contributed by atoms with Gasteiger partial charge >= 0.3 is 55.2 Å². The second-order valence-electron chi connectivity index (χ2n) is 17.9. The number of halogens is 17. The van der Waals surface area contributed by atoms with Gasteiger partial charge in [-0.3, -0.25) is 4.98 Å².